The summed E-state index contributed by atoms with van der Waals surface area (Å²) in [4.78, 5) is 15.3. The van der Waals surface area contributed by atoms with E-state index < -0.39 is 17.7 Å². The average molecular weight is 450 g/mol. The van der Waals surface area contributed by atoms with Gasteiger partial charge in [-0.15, -0.1) is 0 Å². The predicted molar refractivity (Wildman–Crippen MR) is 122 cm³/mol. The summed E-state index contributed by atoms with van der Waals surface area (Å²) in [5.74, 6) is 3.17. The van der Waals surface area contributed by atoms with E-state index in [2.05, 4.69) is 17.0 Å². The number of piperidine rings is 1. The van der Waals surface area contributed by atoms with Gasteiger partial charge in [0.15, 0.2) is 17.6 Å². The molecule has 33 heavy (non-hydrogen) atoms. The zero-order valence-electron chi connectivity index (χ0n) is 18.8. The van der Waals surface area contributed by atoms with Gasteiger partial charge in [-0.2, -0.15) is 0 Å². The van der Waals surface area contributed by atoms with Crippen LogP contribution in [-0.2, 0) is 16.1 Å². The summed E-state index contributed by atoms with van der Waals surface area (Å²) >= 11 is 0. The van der Waals surface area contributed by atoms with Crippen LogP contribution in [0.25, 0.3) is 0 Å². The Balaban J connectivity index is 1.05. The summed E-state index contributed by atoms with van der Waals surface area (Å²) < 4.78 is 17.0. The minimum atomic E-state index is -1.21. The lowest BCUT2D eigenvalue weighted by molar-refractivity contribution is -0.171. The van der Waals surface area contributed by atoms with Crippen molar-refractivity contribution < 1.29 is 24.1 Å². The molecule has 1 saturated heterocycles. The normalized spacial score (nSPS) is 27.8. The fraction of sp³-hybridized carbons (Fsp3) is 0.519. The summed E-state index contributed by atoms with van der Waals surface area (Å²) in [5.41, 5.74) is 1.45. The number of carbonyl (C=O) groups is 1. The van der Waals surface area contributed by atoms with Gasteiger partial charge in [-0.05, 0) is 73.1 Å². The summed E-state index contributed by atoms with van der Waals surface area (Å²) in [6.45, 7) is 3.43. The van der Waals surface area contributed by atoms with Crippen LogP contribution in [0.5, 0.6) is 11.5 Å². The Morgan fingerprint density at radius 2 is 1.79 bits per heavy atom. The molecule has 2 heterocycles. The SMILES string of the molecule is O=C(OC1(CC2C3CN(Cc4ccc5c(c4)OCO5)CC32)CCCC1)C(O)c1ccccc1. The third-order valence-corrected chi connectivity index (χ3v) is 8.07. The van der Waals surface area contributed by atoms with Gasteiger partial charge < -0.3 is 19.3 Å². The van der Waals surface area contributed by atoms with Crippen LogP contribution in [-0.4, -0.2) is 41.5 Å². The number of aliphatic hydroxyl groups excluding tert-OH is 1. The molecule has 1 N–H and O–H groups in total. The quantitative estimate of drug-likeness (QED) is 0.643. The molecule has 3 fully saturated rings. The van der Waals surface area contributed by atoms with Crippen molar-refractivity contribution in [2.75, 3.05) is 19.9 Å². The minimum Gasteiger partial charge on any atom is -0.457 e. The standard InChI is InChI=1S/C27H31NO5/c29-25(19-6-2-1-3-7-19)26(30)33-27(10-4-5-11-27)13-20-21-15-28(16-22(20)21)14-18-8-9-23-24(12-18)32-17-31-23/h1-3,6-9,12,20-22,25,29H,4-5,10-11,13-17H2. The molecule has 2 aliphatic carbocycles. The first kappa shape index (κ1) is 21.0. The van der Waals surface area contributed by atoms with Crippen LogP contribution in [0, 0.1) is 17.8 Å². The fourth-order valence-corrected chi connectivity index (χ4v) is 6.30. The summed E-state index contributed by atoms with van der Waals surface area (Å²) in [7, 11) is 0. The second-order valence-corrected chi connectivity index (χ2v) is 10.2. The predicted octanol–water partition coefficient (Wildman–Crippen LogP) is 4.07. The maximum absolute atomic E-state index is 12.8. The number of hydrogen-bond acceptors (Lipinski definition) is 6. The van der Waals surface area contributed by atoms with Crippen LogP contribution >= 0.6 is 0 Å². The fourth-order valence-electron chi connectivity index (χ4n) is 6.30. The molecule has 2 aromatic carbocycles. The Morgan fingerprint density at radius 3 is 2.55 bits per heavy atom. The van der Waals surface area contributed by atoms with Crippen molar-refractivity contribution in [3.8, 4) is 11.5 Å². The largest absolute Gasteiger partial charge is 0.457 e. The smallest absolute Gasteiger partial charge is 0.340 e. The lowest BCUT2D eigenvalue weighted by Gasteiger charge is -2.31. The second-order valence-electron chi connectivity index (χ2n) is 10.2. The van der Waals surface area contributed by atoms with Gasteiger partial charge in [-0.1, -0.05) is 36.4 Å². The maximum atomic E-state index is 12.8. The number of likely N-dealkylation sites (tertiary alicyclic amines) is 1. The molecule has 0 spiro atoms. The van der Waals surface area contributed by atoms with Crippen LogP contribution in [0.1, 0.15) is 49.3 Å². The van der Waals surface area contributed by atoms with Crippen LogP contribution in [0.2, 0.25) is 0 Å². The minimum absolute atomic E-state index is 0.309. The number of nitrogens with zero attached hydrogens (tertiary/aromatic N) is 1. The number of ether oxygens (including phenoxy) is 3. The molecule has 0 aromatic heterocycles. The average Bonchev–Trinajstić information content (AvgIpc) is 3.32. The summed E-state index contributed by atoms with van der Waals surface area (Å²) in [5, 5.41) is 10.5. The third-order valence-electron chi connectivity index (χ3n) is 8.07. The van der Waals surface area contributed by atoms with E-state index >= 15 is 0 Å². The van der Waals surface area contributed by atoms with E-state index in [1.807, 2.05) is 24.3 Å². The Morgan fingerprint density at radius 1 is 1.06 bits per heavy atom. The Bertz CT molecular complexity index is 1010. The number of carbonyl (C=O) groups excluding carboxylic acids is 1. The van der Waals surface area contributed by atoms with Gasteiger partial charge in [0, 0.05) is 19.6 Å². The van der Waals surface area contributed by atoms with E-state index in [1.54, 1.807) is 12.1 Å². The first-order valence-corrected chi connectivity index (χ1v) is 12.2. The van der Waals surface area contributed by atoms with Crippen molar-refractivity contribution in [1.82, 2.24) is 4.90 Å². The van der Waals surface area contributed by atoms with Gasteiger partial charge in [0.25, 0.3) is 0 Å². The lowest BCUT2D eigenvalue weighted by atomic mass is 9.92. The molecular weight excluding hydrogens is 418 g/mol. The number of rotatable bonds is 7. The molecule has 6 nitrogen and oxygen atoms in total. The molecule has 2 aliphatic heterocycles. The third kappa shape index (κ3) is 4.11. The van der Waals surface area contributed by atoms with Crippen LogP contribution in [0.15, 0.2) is 48.5 Å². The van der Waals surface area contributed by atoms with E-state index in [1.165, 1.54) is 5.56 Å². The van der Waals surface area contributed by atoms with Crippen LogP contribution in [0.4, 0.5) is 0 Å². The van der Waals surface area contributed by atoms with Gasteiger partial charge in [-0.25, -0.2) is 4.79 Å². The highest BCUT2D eigenvalue weighted by molar-refractivity contribution is 5.76. The highest BCUT2D eigenvalue weighted by Gasteiger charge is 2.58. The van der Waals surface area contributed by atoms with Crippen molar-refractivity contribution in [1.29, 1.82) is 0 Å². The number of esters is 1. The van der Waals surface area contributed by atoms with E-state index in [9.17, 15) is 9.90 Å². The molecule has 0 amide bonds. The van der Waals surface area contributed by atoms with E-state index in [4.69, 9.17) is 14.2 Å². The molecule has 174 valence electrons. The molecule has 0 radical (unpaired) electrons. The topological polar surface area (TPSA) is 68.2 Å². The number of benzene rings is 2. The highest BCUT2D eigenvalue weighted by atomic mass is 16.7. The van der Waals surface area contributed by atoms with Gasteiger partial charge in [0.05, 0.1) is 0 Å². The monoisotopic (exact) mass is 449 g/mol. The van der Waals surface area contributed by atoms with E-state index in [-0.39, 0.29) is 0 Å². The van der Waals surface area contributed by atoms with Gasteiger partial charge in [0.2, 0.25) is 6.79 Å². The van der Waals surface area contributed by atoms with Crippen LogP contribution in [0.3, 0.4) is 0 Å². The first-order valence-electron chi connectivity index (χ1n) is 12.2. The molecule has 2 saturated carbocycles. The lowest BCUT2D eigenvalue weighted by Crippen LogP contribution is -2.36. The maximum Gasteiger partial charge on any atom is 0.340 e. The van der Waals surface area contributed by atoms with Crippen LogP contribution < -0.4 is 9.47 Å². The Hall–Kier alpha value is -2.57. The number of fused-ring (bicyclic) bond motifs is 2. The Labute approximate surface area is 194 Å². The van der Waals surface area contributed by atoms with E-state index in [0.29, 0.717) is 30.1 Å². The molecule has 6 rings (SSSR count). The van der Waals surface area contributed by atoms with Gasteiger partial charge >= 0.3 is 5.97 Å². The van der Waals surface area contributed by atoms with Crippen molar-refractivity contribution in [3.05, 3.63) is 59.7 Å². The van der Waals surface area contributed by atoms with E-state index in [0.717, 1.165) is 63.2 Å². The summed E-state index contributed by atoms with van der Waals surface area (Å²) in [6, 6.07) is 15.3. The number of aliphatic hydroxyl groups is 1. The summed E-state index contributed by atoms with van der Waals surface area (Å²) in [6.07, 6.45) is 3.74. The van der Waals surface area contributed by atoms with Crippen molar-refractivity contribution in [2.24, 2.45) is 17.8 Å². The van der Waals surface area contributed by atoms with Crippen molar-refractivity contribution in [2.45, 2.75) is 50.4 Å². The highest BCUT2D eigenvalue weighted by Crippen LogP contribution is 2.57. The van der Waals surface area contributed by atoms with Crippen molar-refractivity contribution in [3.63, 3.8) is 0 Å². The van der Waals surface area contributed by atoms with Crippen molar-refractivity contribution >= 4 is 5.97 Å². The number of hydrogen-bond donors (Lipinski definition) is 1. The molecular formula is C27H31NO5. The van der Waals surface area contributed by atoms with Gasteiger partial charge in [0.1, 0.15) is 5.60 Å². The Kier molecular flexibility index (Phi) is 5.30. The molecule has 0 bridgehead atoms. The zero-order chi connectivity index (χ0) is 22.4. The first-order chi connectivity index (χ1) is 16.1. The molecule has 4 aliphatic rings. The molecule has 3 atom stereocenters. The molecule has 6 heteroatoms. The molecule has 3 unspecified atom stereocenters. The van der Waals surface area contributed by atoms with Gasteiger partial charge in [-0.3, -0.25) is 4.90 Å². The second kappa shape index (κ2) is 8.33. The zero-order valence-corrected chi connectivity index (χ0v) is 18.8. The molecule has 2 aromatic rings.